The third-order valence-electron chi connectivity index (χ3n) is 4.71. The number of tetrazole rings is 1. The zero-order valence-corrected chi connectivity index (χ0v) is 15.0. The molecule has 2 fully saturated rings. The molecule has 4 rings (SSSR count). The lowest BCUT2D eigenvalue weighted by Gasteiger charge is -2.44. The number of amides is 2. The molecule has 26 heavy (non-hydrogen) atoms. The van der Waals surface area contributed by atoms with Gasteiger partial charge >= 0.3 is 0 Å². The van der Waals surface area contributed by atoms with Crippen LogP contribution in [-0.2, 0) is 9.59 Å². The Morgan fingerprint density at radius 1 is 1.38 bits per heavy atom. The number of thioether (sulfide) groups is 1. The van der Waals surface area contributed by atoms with Crippen molar-refractivity contribution >= 4 is 23.6 Å². The average Bonchev–Trinajstić information content (AvgIpc) is 3.23. The van der Waals surface area contributed by atoms with Gasteiger partial charge in [0.1, 0.15) is 17.5 Å². The molecule has 3 N–H and O–H groups in total. The fourth-order valence-corrected chi connectivity index (χ4v) is 5.10. The highest BCUT2D eigenvalue weighted by Crippen LogP contribution is 2.56. The Kier molecular flexibility index (Phi) is 3.96. The highest BCUT2D eigenvalue weighted by Gasteiger charge is 2.63. The predicted molar refractivity (Wildman–Crippen MR) is 92.6 cm³/mol. The summed E-state index contributed by atoms with van der Waals surface area (Å²) in [5.74, 6) is -0.348. The van der Waals surface area contributed by atoms with Crippen molar-refractivity contribution in [2.24, 2.45) is 0 Å². The summed E-state index contributed by atoms with van der Waals surface area (Å²) >= 11 is 1.57. The van der Waals surface area contributed by atoms with Gasteiger partial charge in [0.2, 0.25) is 5.91 Å². The molecule has 2 saturated heterocycles. The summed E-state index contributed by atoms with van der Waals surface area (Å²) in [6.07, 6.45) is -1.31. The summed E-state index contributed by atoms with van der Waals surface area (Å²) in [6.45, 7) is 4.00. The zero-order valence-electron chi connectivity index (χ0n) is 14.2. The number of hydrogen-bond donors (Lipinski definition) is 3. The van der Waals surface area contributed by atoms with Gasteiger partial charge < -0.3 is 15.3 Å². The van der Waals surface area contributed by atoms with Crippen molar-refractivity contribution < 1.29 is 14.7 Å². The van der Waals surface area contributed by atoms with Crippen LogP contribution < -0.4 is 5.32 Å². The Morgan fingerprint density at radius 3 is 2.77 bits per heavy atom. The summed E-state index contributed by atoms with van der Waals surface area (Å²) < 4.78 is -0.332. The molecule has 3 heterocycles. The molecule has 0 spiro atoms. The molecule has 1 aromatic carbocycles. The first-order valence-corrected chi connectivity index (χ1v) is 9.05. The number of fused-ring (bicyclic) bond motifs is 1. The molecule has 0 bridgehead atoms. The number of carbonyl (C=O) groups is 2. The number of aromatic amines is 1. The van der Waals surface area contributed by atoms with Crippen molar-refractivity contribution in [2.45, 2.75) is 42.2 Å². The predicted octanol–water partition coefficient (Wildman–Crippen LogP) is 0.153. The second-order valence-electron chi connectivity index (χ2n) is 6.83. The summed E-state index contributed by atoms with van der Waals surface area (Å²) in [5.41, 5.74) is 0.484. The number of benzene rings is 1. The number of rotatable bonds is 4. The molecular formula is C16H18N6O3S. The molecule has 2 aliphatic heterocycles. The van der Waals surface area contributed by atoms with Gasteiger partial charge in [0.05, 0.1) is 0 Å². The molecule has 2 unspecified atom stereocenters. The summed E-state index contributed by atoms with van der Waals surface area (Å²) in [7, 11) is 0. The first-order chi connectivity index (χ1) is 12.4. The Balaban J connectivity index is 1.49. The number of aliphatic hydroxyl groups excluding tert-OH is 1. The molecule has 2 aromatic rings. The number of hydrogen-bond acceptors (Lipinski definition) is 7. The molecule has 4 atom stereocenters. The fourth-order valence-electron chi connectivity index (χ4n) is 3.47. The molecule has 9 nitrogen and oxygen atoms in total. The SMILES string of the molecule is CC1(C)S[C@@H]2C(NC(=O)[C@H](O)c3ccccc3)C(=O)N2C1c1nn[nH]n1. The van der Waals surface area contributed by atoms with Gasteiger partial charge in [-0.15, -0.1) is 22.0 Å². The maximum atomic E-state index is 12.7. The van der Waals surface area contributed by atoms with E-state index in [1.807, 2.05) is 13.8 Å². The molecule has 136 valence electrons. The van der Waals surface area contributed by atoms with Crippen LogP contribution in [-0.4, -0.2) is 58.6 Å². The van der Waals surface area contributed by atoms with Gasteiger partial charge in [-0.25, -0.2) is 0 Å². The monoisotopic (exact) mass is 374 g/mol. The lowest BCUT2D eigenvalue weighted by molar-refractivity contribution is -0.153. The summed E-state index contributed by atoms with van der Waals surface area (Å²) in [5, 5.41) is 26.7. The van der Waals surface area contributed by atoms with Gasteiger partial charge in [-0.2, -0.15) is 5.21 Å². The van der Waals surface area contributed by atoms with Gasteiger partial charge in [0.15, 0.2) is 11.9 Å². The van der Waals surface area contributed by atoms with E-state index in [1.165, 1.54) is 0 Å². The lowest BCUT2D eigenvalue weighted by atomic mass is 9.95. The second kappa shape index (κ2) is 6.06. The maximum Gasteiger partial charge on any atom is 0.254 e. The third-order valence-corrected chi connectivity index (χ3v) is 6.28. The average molecular weight is 374 g/mol. The van der Waals surface area contributed by atoms with E-state index < -0.39 is 18.1 Å². The smallest absolute Gasteiger partial charge is 0.254 e. The number of H-pyrrole nitrogens is 1. The second-order valence-corrected chi connectivity index (χ2v) is 8.60. The Labute approximate surface area is 153 Å². The molecule has 2 amide bonds. The zero-order chi connectivity index (χ0) is 18.5. The molecule has 10 heteroatoms. The van der Waals surface area contributed by atoms with Crippen LogP contribution in [0.3, 0.4) is 0 Å². The maximum absolute atomic E-state index is 12.7. The highest BCUT2D eigenvalue weighted by atomic mass is 32.2. The number of nitrogens with one attached hydrogen (secondary N) is 2. The largest absolute Gasteiger partial charge is 0.378 e. The Bertz CT molecular complexity index is 828. The van der Waals surface area contributed by atoms with Crippen LogP contribution >= 0.6 is 11.8 Å². The van der Waals surface area contributed by atoms with Crippen LogP contribution in [0.5, 0.6) is 0 Å². The van der Waals surface area contributed by atoms with Gasteiger partial charge in [-0.3, -0.25) is 9.59 Å². The number of carbonyl (C=O) groups excluding carboxylic acids is 2. The van der Waals surface area contributed by atoms with E-state index in [1.54, 1.807) is 47.0 Å². The fraction of sp³-hybridized carbons (Fsp3) is 0.438. The van der Waals surface area contributed by atoms with Crippen LogP contribution in [0.25, 0.3) is 0 Å². The van der Waals surface area contributed by atoms with Crippen LogP contribution in [0, 0.1) is 0 Å². The standard InChI is InChI=1S/C16H18N6O3S/c1-16(2)11(12-18-20-21-19-12)22-14(25)9(15(22)26-16)17-13(24)10(23)8-6-4-3-5-7-8/h3-7,9-11,15,23H,1-2H3,(H,17,24)(H,18,19,20,21)/t9?,10-,11?,15-/m1/s1. The topological polar surface area (TPSA) is 124 Å². The van der Waals surface area contributed by atoms with Gasteiger partial charge in [0.25, 0.3) is 5.91 Å². The number of nitrogens with zero attached hydrogens (tertiary/aromatic N) is 4. The first-order valence-electron chi connectivity index (χ1n) is 8.17. The van der Waals surface area contributed by atoms with Crippen molar-refractivity contribution in [3.63, 3.8) is 0 Å². The van der Waals surface area contributed by atoms with Crippen molar-refractivity contribution in [2.75, 3.05) is 0 Å². The molecule has 0 aliphatic carbocycles. The highest BCUT2D eigenvalue weighted by molar-refractivity contribution is 8.01. The normalized spacial score (nSPS) is 27.6. The van der Waals surface area contributed by atoms with Gasteiger partial charge in [-0.05, 0) is 19.4 Å². The van der Waals surface area contributed by atoms with Crippen LogP contribution in [0.2, 0.25) is 0 Å². The van der Waals surface area contributed by atoms with Crippen LogP contribution in [0.1, 0.15) is 37.4 Å². The van der Waals surface area contributed by atoms with E-state index in [0.717, 1.165) is 0 Å². The lowest BCUT2D eigenvalue weighted by Crippen LogP contribution is -2.68. The van der Waals surface area contributed by atoms with Crippen molar-refractivity contribution in [3.05, 3.63) is 41.7 Å². The van der Waals surface area contributed by atoms with Crippen molar-refractivity contribution in [1.29, 1.82) is 0 Å². The van der Waals surface area contributed by atoms with Crippen LogP contribution in [0.15, 0.2) is 30.3 Å². The molecule has 2 aliphatic rings. The summed E-state index contributed by atoms with van der Waals surface area (Å²) in [4.78, 5) is 26.7. The number of β-lactam (4-membered cyclic amide) rings is 1. The number of aliphatic hydroxyl groups is 1. The van der Waals surface area contributed by atoms with Gasteiger partial charge in [-0.1, -0.05) is 35.5 Å². The van der Waals surface area contributed by atoms with E-state index in [-0.39, 0.29) is 22.1 Å². The van der Waals surface area contributed by atoms with E-state index in [2.05, 4.69) is 25.9 Å². The van der Waals surface area contributed by atoms with E-state index >= 15 is 0 Å². The minimum Gasteiger partial charge on any atom is -0.378 e. The first kappa shape index (κ1) is 17.0. The van der Waals surface area contributed by atoms with Crippen molar-refractivity contribution in [3.8, 4) is 0 Å². The van der Waals surface area contributed by atoms with Crippen molar-refractivity contribution in [1.82, 2.24) is 30.8 Å². The van der Waals surface area contributed by atoms with Gasteiger partial charge in [0, 0.05) is 4.75 Å². The van der Waals surface area contributed by atoms with E-state index in [9.17, 15) is 14.7 Å². The molecule has 0 radical (unpaired) electrons. The number of aromatic nitrogens is 4. The minimum atomic E-state index is -1.31. The van der Waals surface area contributed by atoms with E-state index in [4.69, 9.17) is 0 Å². The molecule has 1 aromatic heterocycles. The summed E-state index contributed by atoms with van der Waals surface area (Å²) in [6, 6.07) is 7.62. The third kappa shape index (κ3) is 2.56. The molecular weight excluding hydrogens is 356 g/mol. The Hall–Kier alpha value is -2.46. The quantitative estimate of drug-likeness (QED) is 0.651. The Morgan fingerprint density at radius 2 is 2.12 bits per heavy atom. The molecule has 0 saturated carbocycles. The van der Waals surface area contributed by atoms with Crippen LogP contribution in [0.4, 0.5) is 0 Å². The minimum absolute atomic E-state index is 0.212. The van der Waals surface area contributed by atoms with E-state index in [0.29, 0.717) is 11.4 Å².